The van der Waals surface area contributed by atoms with Gasteiger partial charge < -0.3 is 18.9 Å². The number of aliphatic imine (C=N–C) groups is 2. The summed E-state index contributed by atoms with van der Waals surface area (Å²) >= 11 is 3.18. The van der Waals surface area contributed by atoms with Crippen LogP contribution in [0.25, 0.3) is 19.5 Å². The van der Waals surface area contributed by atoms with Gasteiger partial charge in [-0.25, -0.2) is 9.98 Å². The summed E-state index contributed by atoms with van der Waals surface area (Å²) < 4.78 is 25.2. The maximum atomic E-state index is 16.1. The summed E-state index contributed by atoms with van der Waals surface area (Å²) in [5, 5.41) is 0.311. The predicted molar refractivity (Wildman–Crippen MR) is 303 cm³/mol. The SMILES string of the molecule is O=C1C(=Nc2cc3c(s2)-c2sc4c(c2C3(C(=O)OCc2ccccc2)C(=O)OCc2ccccc2)C(C(=O)OCc2ccccc2)(C(=O)OCc2ccccc2)c2cc(N=C3C(=O)C5CCCCC5C3=O)sc2-4)C(=O)C2CCCCC12. The number of ether oxygens (including phenoxy) is 4. The van der Waals surface area contributed by atoms with Crippen LogP contribution in [0.3, 0.4) is 0 Å². The molecule has 4 fully saturated rings. The first kappa shape index (κ1) is 52.3. The van der Waals surface area contributed by atoms with Gasteiger partial charge in [-0.05, 0) is 60.1 Å². The second-order valence-corrected chi connectivity index (χ2v) is 24.4. The van der Waals surface area contributed by atoms with Crippen LogP contribution in [0, 0.1) is 23.7 Å². The van der Waals surface area contributed by atoms with Crippen LogP contribution in [0.4, 0.5) is 10.0 Å². The zero-order valence-electron chi connectivity index (χ0n) is 43.5. The van der Waals surface area contributed by atoms with Gasteiger partial charge in [0.15, 0.2) is 34.6 Å². The number of ketones is 4. The Balaban J connectivity index is 1.06. The molecule has 0 radical (unpaired) electrons. The van der Waals surface area contributed by atoms with Crippen molar-refractivity contribution in [2.75, 3.05) is 0 Å². The molecule has 13 rings (SSSR count). The Kier molecular flexibility index (Phi) is 13.6. The molecule has 3 aromatic heterocycles. The fraction of sp³-hybridized carbons (Fsp3) is 0.281. The fourth-order valence-electron chi connectivity index (χ4n) is 12.7. The van der Waals surface area contributed by atoms with Crippen LogP contribution in [0.1, 0.15) is 95.9 Å². The molecule has 6 aliphatic carbocycles. The van der Waals surface area contributed by atoms with Gasteiger partial charge in [0.25, 0.3) is 0 Å². The highest BCUT2D eigenvalue weighted by atomic mass is 32.1. The molecular formula is C64H50N2O12S3. The maximum absolute atomic E-state index is 16.1. The molecule has 0 bridgehead atoms. The molecule has 0 saturated heterocycles. The van der Waals surface area contributed by atoms with Gasteiger partial charge in [0.2, 0.25) is 10.8 Å². The summed E-state index contributed by atoms with van der Waals surface area (Å²) in [6, 6.07) is 38.4. The molecule has 0 N–H and O–H groups in total. The van der Waals surface area contributed by atoms with E-state index in [4.69, 9.17) is 28.9 Å². The predicted octanol–water partition coefficient (Wildman–Crippen LogP) is 11.4. The lowest BCUT2D eigenvalue weighted by molar-refractivity contribution is -0.167. The summed E-state index contributed by atoms with van der Waals surface area (Å²) in [6.45, 7) is -1.24. The minimum Gasteiger partial charge on any atom is -0.459 e. The second kappa shape index (κ2) is 21.1. The number of Topliss-reactive ketones (excluding diaryl/α,β-unsaturated/α-hetero) is 4. The van der Waals surface area contributed by atoms with E-state index in [0.717, 1.165) is 59.7 Å². The third-order valence-corrected chi connectivity index (χ3v) is 20.2. The third-order valence-electron chi connectivity index (χ3n) is 16.6. The van der Waals surface area contributed by atoms with Crippen LogP contribution in [0.5, 0.6) is 0 Å². The van der Waals surface area contributed by atoms with Crippen molar-refractivity contribution in [1.82, 2.24) is 0 Å². The first-order valence-electron chi connectivity index (χ1n) is 27.1. The van der Waals surface area contributed by atoms with Gasteiger partial charge in [-0.2, -0.15) is 0 Å². The number of esters is 4. The van der Waals surface area contributed by atoms with Crippen LogP contribution in [-0.4, -0.2) is 58.4 Å². The maximum Gasteiger partial charge on any atom is 0.333 e. The summed E-state index contributed by atoms with van der Waals surface area (Å²) in [5.41, 5.74) is -3.33. The number of thiophene rings is 3. The first-order valence-corrected chi connectivity index (χ1v) is 29.6. The summed E-state index contributed by atoms with van der Waals surface area (Å²) in [4.78, 5) is 131. The Morgan fingerprint density at radius 3 is 0.938 bits per heavy atom. The van der Waals surface area contributed by atoms with E-state index in [1.54, 1.807) is 121 Å². The van der Waals surface area contributed by atoms with Crippen molar-refractivity contribution < 1.29 is 57.3 Å². The summed E-state index contributed by atoms with van der Waals surface area (Å²) in [7, 11) is 0. The van der Waals surface area contributed by atoms with Crippen molar-refractivity contribution in [3.05, 3.63) is 178 Å². The van der Waals surface area contributed by atoms with Gasteiger partial charge in [-0.3, -0.25) is 38.4 Å². The average Bonchev–Trinajstić information content (AvgIpc) is 3.08. The van der Waals surface area contributed by atoms with Crippen molar-refractivity contribution in [1.29, 1.82) is 0 Å². The fourth-order valence-corrected chi connectivity index (χ4v) is 16.6. The van der Waals surface area contributed by atoms with Gasteiger partial charge in [0, 0.05) is 45.9 Å². The van der Waals surface area contributed by atoms with Crippen molar-refractivity contribution in [3.63, 3.8) is 0 Å². The quantitative estimate of drug-likeness (QED) is 0.0568. The van der Waals surface area contributed by atoms with E-state index in [-0.39, 0.29) is 103 Å². The third kappa shape index (κ3) is 8.61. The smallest absolute Gasteiger partial charge is 0.333 e. The molecule has 0 spiro atoms. The Bertz CT molecular complexity index is 3410. The van der Waals surface area contributed by atoms with Crippen LogP contribution in [0.2, 0.25) is 0 Å². The van der Waals surface area contributed by atoms with Crippen LogP contribution < -0.4 is 0 Å². The normalized spacial score (nSPS) is 20.6. The van der Waals surface area contributed by atoms with Crippen molar-refractivity contribution in [3.8, 4) is 19.5 Å². The van der Waals surface area contributed by atoms with E-state index in [0.29, 0.717) is 57.7 Å². The van der Waals surface area contributed by atoms with Crippen LogP contribution >= 0.6 is 34.0 Å². The summed E-state index contributed by atoms with van der Waals surface area (Å²) in [6.07, 6.45) is 5.51. The van der Waals surface area contributed by atoms with E-state index < -0.39 is 58.4 Å². The number of hydrogen-bond acceptors (Lipinski definition) is 17. The Hall–Kier alpha value is -8.12. The molecule has 17 heteroatoms. The largest absolute Gasteiger partial charge is 0.459 e. The van der Waals surface area contributed by atoms with Gasteiger partial charge >= 0.3 is 23.9 Å². The van der Waals surface area contributed by atoms with Crippen molar-refractivity contribution in [2.24, 2.45) is 33.7 Å². The highest BCUT2D eigenvalue weighted by Gasteiger charge is 2.69. The van der Waals surface area contributed by atoms with Gasteiger partial charge in [-0.1, -0.05) is 147 Å². The molecule has 14 nitrogen and oxygen atoms in total. The number of rotatable bonds is 14. The van der Waals surface area contributed by atoms with E-state index in [1.807, 2.05) is 0 Å². The molecule has 6 aliphatic rings. The molecular weight excluding hydrogens is 1080 g/mol. The van der Waals surface area contributed by atoms with Crippen LogP contribution in [-0.2, 0) is 94.6 Å². The number of carbonyl (C=O) groups excluding carboxylic acids is 8. The molecule has 4 aromatic carbocycles. The topological polar surface area (TPSA) is 198 Å². The Morgan fingerprint density at radius 1 is 0.395 bits per heavy atom. The molecule has 3 heterocycles. The lowest BCUT2D eigenvalue weighted by Crippen LogP contribution is -2.50. The monoisotopic (exact) mass is 1130 g/mol. The van der Waals surface area contributed by atoms with E-state index in [9.17, 15) is 19.2 Å². The van der Waals surface area contributed by atoms with Crippen molar-refractivity contribution >= 4 is 102 Å². The molecule has 4 saturated carbocycles. The molecule has 4 unspecified atom stereocenters. The Morgan fingerprint density at radius 2 is 0.667 bits per heavy atom. The van der Waals surface area contributed by atoms with Crippen LogP contribution in [0.15, 0.2) is 143 Å². The lowest BCUT2D eigenvalue weighted by atomic mass is 9.70. The van der Waals surface area contributed by atoms with E-state index >= 15 is 19.2 Å². The highest BCUT2D eigenvalue weighted by molar-refractivity contribution is 7.29. The molecule has 0 aliphatic heterocycles. The molecule has 7 aromatic rings. The van der Waals surface area contributed by atoms with Gasteiger partial charge in [0.1, 0.15) is 36.4 Å². The summed E-state index contributed by atoms with van der Waals surface area (Å²) in [5.74, 6) is -7.73. The number of nitrogens with zero attached hydrogens (tertiary/aromatic N) is 2. The zero-order valence-corrected chi connectivity index (χ0v) is 46.0. The first-order chi connectivity index (χ1) is 39.5. The highest BCUT2D eigenvalue weighted by Crippen LogP contribution is 2.68. The van der Waals surface area contributed by atoms with Crippen molar-refractivity contribution in [2.45, 2.75) is 88.6 Å². The zero-order chi connectivity index (χ0) is 55.6. The standard InChI is InChI=1S/C64H50N2O12S3/c67-51-39-25-13-14-26-40(39)52(68)49(51)65-45-29-43-55(79-45)57-47(63(43,59(71)75-31-35-17-5-1-6-18-35)60(72)76-32-36-19-7-2-8-20-36)48-58(81-57)56-44(30-46(80-56)66-50-53(69)41-27-15-16-28-42(41)54(50)70)64(48,61(73)77-33-37-21-9-3-10-22-37)62(74)78-34-38-23-11-4-12-24-38/h1-12,17-24,29-30,39-42H,13-16,25-28,31-34H2. The average molecular weight is 1140 g/mol. The lowest BCUT2D eigenvalue weighted by Gasteiger charge is -2.32. The number of benzene rings is 4. The molecule has 81 heavy (non-hydrogen) atoms. The second-order valence-electron chi connectivity index (χ2n) is 21.3. The van der Waals surface area contributed by atoms with E-state index in [2.05, 4.69) is 0 Å². The molecule has 0 amide bonds. The van der Waals surface area contributed by atoms with Gasteiger partial charge in [-0.15, -0.1) is 34.0 Å². The number of fused-ring (bicyclic) bond motifs is 9. The number of hydrogen-bond donors (Lipinski definition) is 0. The molecule has 4 atom stereocenters. The minimum absolute atomic E-state index is 0.0496. The van der Waals surface area contributed by atoms with E-state index in [1.165, 1.54) is 12.1 Å². The van der Waals surface area contributed by atoms with Gasteiger partial charge in [0.05, 0.1) is 19.5 Å². The Labute approximate surface area is 476 Å². The molecule has 406 valence electrons. The minimum atomic E-state index is -2.62. The number of carbonyl (C=O) groups is 8.